The third kappa shape index (κ3) is 47.0. The normalized spacial score (nSPS) is 12.3. The van der Waals surface area contributed by atoms with Crippen molar-refractivity contribution in [2.24, 2.45) is 0 Å². The van der Waals surface area contributed by atoms with Gasteiger partial charge in [-0.3, -0.25) is 9.59 Å². The van der Waals surface area contributed by atoms with Crippen LogP contribution in [0.2, 0.25) is 0 Å². The number of carbonyl (C=O) groups is 2. The van der Waals surface area contributed by atoms with Gasteiger partial charge in [0.25, 0.3) is 0 Å². The number of ketones is 1. The maximum Gasteiger partial charge on any atom is 0.220 e. The zero-order chi connectivity index (χ0) is 40.7. The number of allylic oxidation sites excluding steroid dienone is 4. The molecule has 0 saturated carbocycles. The predicted octanol–water partition coefficient (Wildman–Crippen LogP) is 16.6. The summed E-state index contributed by atoms with van der Waals surface area (Å²) in [4.78, 5) is 24.4. The van der Waals surface area contributed by atoms with Crippen LogP contribution in [0, 0.1) is 0 Å². The third-order valence-electron chi connectivity index (χ3n) is 11.7. The van der Waals surface area contributed by atoms with E-state index < -0.39 is 6.10 Å². The van der Waals surface area contributed by atoms with E-state index in [1.54, 1.807) is 0 Å². The van der Waals surface area contributed by atoms with Crippen LogP contribution in [-0.4, -0.2) is 29.4 Å². The lowest BCUT2D eigenvalue weighted by molar-refractivity contribution is -0.121. The molecule has 2 N–H and O–H groups in total. The monoisotopic (exact) mass is 786 g/mol. The molecule has 0 radical (unpaired) electrons. The molecule has 56 heavy (non-hydrogen) atoms. The van der Waals surface area contributed by atoms with Crippen LogP contribution in [0.1, 0.15) is 284 Å². The Hall–Kier alpha value is -1.42. The molecule has 0 spiro atoms. The second kappa shape index (κ2) is 48.0. The van der Waals surface area contributed by atoms with Crippen LogP contribution in [0.5, 0.6) is 0 Å². The van der Waals surface area contributed by atoms with E-state index in [2.05, 4.69) is 43.5 Å². The first kappa shape index (κ1) is 54.6. The van der Waals surface area contributed by atoms with Gasteiger partial charge in [0.05, 0.1) is 6.10 Å². The first-order chi connectivity index (χ1) is 27.6. The lowest BCUT2D eigenvalue weighted by atomic mass is 10.0. The topological polar surface area (TPSA) is 66.4 Å². The quantitative estimate of drug-likeness (QED) is 0.0477. The number of carbonyl (C=O) groups excluding carboxylic acids is 2. The van der Waals surface area contributed by atoms with Gasteiger partial charge >= 0.3 is 0 Å². The van der Waals surface area contributed by atoms with E-state index in [1.165, 1.54) is 205 Å². The number of aliphatic hydroxyl groups is 1. The van der Waals surface area contributed by atoms with E-state index in [9.17, 15) is 14.7 Å². The average Bonchev–Trinajstić information content (AvgIpc) is 3.20. The Balaban J connectivity index is 3.32. The molecule has 0 bridgehead atoms. The molecule has 0 unspecified atom stereocenters. The van der Waals surface area contributed by atoms with E-state index in [0.717, 1.165) is 57.8 Å². The van der Waals surface area contributed by atoms with Gasteiger partial charge < -0.3 is 10.4 Å². The van der Waals surface area contributed by atoms with Gasteiger partial charge in [0.2, 0.25) is 5.91 Å². The molecule has 1 amide bonds. The molecule has 0 aliphatic rings. The Labute approximate surface area is 351 Å². The van der Waals surface area contributed by atoms with Crippen molar-refractivity contribution in [2.75, 3.05) is 6.54 Å². The van der Waals surface area contributed by atoms with Crippen molar-refractivity contribution in [3.8, 4) is 0 Å². The highest BCUT2D eigenvalue weighted by Gasteiger charge is 2.07. The van der Waals surface area contributed by atoms with Gasteiger partial charge in [-0.15, -0.1) is 0 Å². The molecule has 0 fully saturated rings. The van der Waals surface area contributed by atoms with Crippen molar-refractivity contribution < 1.29 is 14.7 Å². The summed E-state index contributed by atoms with van der Waals surface area (Å²) in [6, 6.07) is 0. The summed E-state index contributed by atoms with van der Waals surface area (Å²) < 4.78 is 0. The van der Waals surface area contributed by atoms with Crippen molar-refractivity contribution in [1.82, 2.24) is 5.32 Å². The minimum atomic E-state index is -0.400. The van der Waals surface area contributed by atoms with Gasteiger partial charge in [-0.2, -0.15) is 0 Å². The number of rotatable bonds is 47. The highest BCUT2D eigenvalue weighted by molar-refractivity contribution is 5.78. The fraction of sp³-hybridized carbons (Fsp3) is 0.885. The van der Waals surface area contributed by atoms with Crippen LogP contribution < -0.4 is 5.32 Å². The summed E-state index contributed by atoms with van der Waals surface area (Å²) in [5.74, 6) is 0.587. The van der Waals surface area contributed by atoms with Gasteiger partial charge in [-0.25, -0.2) is 0 Å². The minimum Gasteiger partial charge on any atom is -0.391 e. The fourth-order valence-electron chi connectivity index (χ4n) is 7.81. The molecule has 4 heteroatoms. The summed E-state index contributed by atoms with van der Waals surface area (Å²) in [5.41, 5.74) is 0. The molecule has 0 aliphatic carbocycles. The van der Waals surface area contributed by atoms with Crippen molar-refractivity contribution in [1.29, 1.82) is 0 Å². The summed E-state index contributed by atoms with van der Waals surface area (Å²) in [5, 5.41) is 13.2. The predicted molar refractivity (Wildman–Crippen MR) is 248 cm³/mol. The Morgan fingerprint density at radius 2 is 0.732 bits per heavy atom. The van der Waals surface area contributed by atoms with Gasteiger partial charge in [0.1, 0.15) is 5.78 Å². The van der Waals surface area contributed by atoms with Gasteiger partial charge in [0, 0.05) is 25.8 Å². The molecule has 330 valence electrons. The number of aliphatic hydroxyl groups excluding tert-OH is 1. The second-order valence-corrected chi connectivity index (χ2v) is 17.5. The maximum absolute atomic E-state index is 12.2. The van der Waals surface area contributed by atoms with Gasteiger partial charge in [-0.1, -0.05) is 231 Å². The molecule has 0 aromatic rings. The molecule has 1 atom stereocenters. The van der Waals surface area contributed by atoms with Crippen molar-refractivity contribution in [3.63, 3.8) is 0 Å². The second-order valence-electron chi connectivity index (χ2n) is 17.5. The molecule has 0 saturated heterocycles. The molecular weight excluding hydrogens is 687 g/mol. The standard InChI is InChI=1S/C52H99NO3/c1-3-5-7-9-11-13-15-17-19-22-25-29-33-37-41-45-50(54)46-42-38-34-30-26-23-20-24-28-32-36-40-44-48-52(56)53-49-51(55)47-43-39-35-31-27-21-18-16-14-12-10-8-6-4-2/h11,13,17,19,51,55H,3-10,12,14-16,18,20-49H2,1-2H3,(H,53,56)/b13-11-,19-17-/t51-/m0/s1. The zero-order valence-electron chi connectivity index (χ0n) is 38.1. The van der Waals surface area contributed by atoms with E-state index in [1.807, 2.05) is 0 Å². The van der Waals surface area contributed by atoms with Crippen LogP contribution in [0.4, 0.5) is 0 Å². The number of Topliss-reactive ketones (excluding diaryl/α,β-unsaturated/α-hetero) is 1. The summed E-state index contributed by atoms with van der Waals surface area (Å²) >= 11 is 0. The van der Waals surface area contributed by atoms with E-state index in [4.69, 9.17) is 0 Å². The first-order valence-corrected chi connectivity index (χ1v) is 25.4. The Morgan fingerprint density at radius 1 is 0.411 bits per heavy atom. The highest BCUT2D eigenvalue weighted by atomic mass is 16.3. The van der Waals surface area contributed by atoms with E-state index in [-0.39, 0.29) is 5.91 Å². The number of unbranched alkanes of at least 4 members (excludes halogenated alkanes) is 33. The van der Waals surface area contributed by atoms with Crippen LogP contribution in [-0.2, 0) is 9.59 Å². The molecule has 0 rings (SSSR count). The molecule has 4 nitrogen and oxygen atoms in total. The molecular formula is C52H99NO3. The highest BCUT2D eigenvalue weighted by Crippen LogP contribution is 2.16. The molecule has 0 aromatic carbocycles. The number of amides is 1. The average molecular weight is 786 g/mol. The Morgan fingerprint density at radius 3 is 1.16 bits per heavy atom. The largest absolute Gasteiger partial charge is 0.391 e. The number of hydrogen-bond acceptors (Lipinski definition) is 3. The summed E-state index contributed by atoms with van der Waals surface area (Å²) in [7, 11) is 0. The van der Waals surface area contributed by atoms with Crippen molar-refractivity contribution in [2.45, 2.75) is 290 Å². The molecule has 0 aliphatic heterocycles. The maximum atomic E-state index is 12.2. The van der Waals surface area contributed by atoms with Crippen molar-refractivity contribution in [3.05, 3.63) is 24.3 Å². The third-order valence-corrected chi connectivity index (χ3v) is 11.7. The minimum absolute atomic E-state index is 0.101. The lowest BCUT2D eigenvalue weighted by Gasteiger charge is -2.12. The van der Waals surface area contributed by atoms with E-state index in [0.29, 0.717) is 18.7 Å². The van der Waals surface area contributed by atoms with Gasteiger partial charge in [0.15, 0.2) is 0 Å². The SMILES string of the molecule is CCCCC/C=C\C/C=C\CCCCCCCC(=O)CCCCCCCCCCCCCCCC(=O)NC[C@@H](O)CCCCCCCCCCCCCCCC. The Kier molecular flexibility index (Phi) is 46.7. The smallest absolute Gasteiger partial charge is 0.220 e. The lowest BCUT2D eigenvalue weighted by Crippen LogP contribution is -2.31. The molecule has 0 heterocycles. The zero-order valence-corrected chi connectivity index (χ0v) is 38.1. The van der Waals surface area contributed by atoms with Crippen molar-refractivity contribution >= 4 is 11.7 Å². The summed E-state index contributed by atoms with van der Waals surface area (Å²) in [6.07, 6.45) is 60.5. The van der Waals surface area contributed by atoms with Crippen LogP contribution in [0.3, 0.4) is 0 Å². The van der Waals surface area contributed by atoms with Crippen LogP contribution >= 0.6 is 0 Å². The molecule has 0 aromatic heterocycles. The van der Waals surface area contributed by atoms with Crippen LogP contribution in [0.15, 0.2) is 24.3 Å². The van der Waals surface area contributed by atoms with E-state index >= 15 is 0 Å². The number of hydrogen-bond donors (Lipinski definition) is 2. The fourth-order valence-corrected chi connectivity index (χ4v) is 7.81. The van der Waals surface area contributed by atoms with Gasteiger partial charge in [-0.05, 0) is 57.8 Å². The Bertz CT molecular complexity index is 851. The van der Waals surface area contributed by atoms with Crippen LogP contribution in [0.25, 0.3) is 0 Å². The first-order valence-electron chi connectivity index (χ1n) is 25.4. The number of nitrogens with one attached hydrogen (secondary N) is 1. The summed E-state index contributed by atoms with van der Waals surface area (Å²) in [6.45, 7) is 4.95.